The molecule has 1 aromatic rings. The fourth-order valence-electron chi connectivity index (χ4n) is 1.73. The number of aliphatic hydroxyl groups is 1. The van der Waals surface area contributed by atoms with Gasteiger partial charge in [-0.15, -0.1) is 5.10 Å². The molecule has 1 aliphatic rings. The lowest BCUT2D eigenvalue weighted by Crippen LogP contribution is -2.30. The zero-order valence-corrected chi connectivity index (χ0v) is 8.19. The lowest BCUT2D eigenvalue weighted by Gasteiger charge is -2.27. The monoisotopic (exact) mass is 193 g/mol. The van der Waals surface area contributed by atoms with Crippen molar-refractivity contribution >= 4 is 5.82 Å². The van der Waals surface area contributed by atoms with Crippen LogP contribution >= 0.6 is 0 Å². The molecule has 0 spiro atoms. The Morgan fingerprint density at radius 2 is 1.93 bits per heavy atom. The zero-order valence-electron chi connectivity index (χ0n) is 8.19. The van der Waals surface area contributed by atoms with Crippen LogP contribution in [0.3, 0.4) is 0 Å². The molecule has 1 N–H and O–H groups in total. The third-order valence-electron chi connectivity index (χ3n) is 2.55. The van der Waals surface area contributed by atoms with Gasteiger partial charge in [0.2, 0.25) is 0 Å². The maximum Gasteiger partial charge on any atom is 0.151 e. The molecule has 1 saturated heterocycles. The average Bonchev–Trinajstić information content (AvgIpc) is 2.30. The molecule has 0 bridgehead atoms. The van der Waals surface area contributed by atoms with Gasteiger partial charge in [0.1, 0.15) is 0 Å². The molecule has 0 saturated carbocycles. The van der Waals surface area contributed by atoms with E-state index < -0.39 is 0 Å². The van der Waals surface area contributed by atoms with Crippen molar-refractivity contribution in [1.29, 1.82) is 0 Å². The van der Waals surface area contributed by atoms with Crippen LogP contribution in [0, 0.1) is 0 Å². The van der Waals surface area contributed by atoms with E-state index in [1.807, 2.05) is 12.1 Å². The summed E-state index contributed by atoms with van der Waals surface area (Å²) in [7, 11) is 0. The van der Waals surface area contributed by atoms with E-state index in [0.29, 0.717) is 5.69 Å². The molecule has 0 unspecified atom stereocenters. The number of nitrogens with zero attached hydrogens (tertiary/aromatic N) is 3. The number of aliphatic hydroxyl groups excluding tert-OH is 1. The Balaban J connectivity index is 2.07. The number of piperidine rings is 1. The normalized spacial score (nSPS) is 17.1. The van der Waals surface area contributed by atoms with E-state index >= 15 is 0 Å². The van der Waals surface area contributed by atoms with E-state index in [2.05, 4.69) is 15.1 Å². The van der Waals surface area contributed by atoms with Crippen molar-refractivity contribution in [3.63, 3.8) is 0 Å². The number of hydrogen-bond acceptors (Lipinski definition) is 4. The Morgan fingerprint density at radius 1 is 1.14 bits per heavy atom. The third-order valence-corrected chi connectivity index (χ3v) is 2.55. The highest BCUT2D eigenvalue weighted by atomic mass is 16.3. The Kier molecular flexibility index (Phi) is 2.93. The van der Waals surface area contributed by atoms with Crippen LogP contribution in [0.4, 0.5) is 5.82 Å². The average molecular weight is 193 g/mol. The van der Waals surface area contributed by atoms with Crippen molar-refractivity contribution < 1.29 is 5.11 Å². The molecule has 1 aromatic heterocycles. The van der Waals surface area contributed by atoms with E-state index in [4.69, 9.17) is 5.11 Å². The molecule has 0 aliphatic carbocycles. The van der Waals surface area contributed by atoms with Crippen molar-refractivity contribution in [3.8, 4) is 0 Å². The van der Waals surface area contributed by atoms with Crippen LogP contribution in [0.15, 0.2) is 12.1 Å². The summed E-state index contributed by atoms with van der Waals surface area (Å²) in [5.41, 5.74) is 0.630. The van der Waals surface area contributed by atoms with Crippen molar-refractivity contribution in [2.75, 3.05) is 18.0 Å². The van der Waals surface area contributed by atoms with Gasteiger partial charge in [0.25, 0.3) is 0 Å². The summed E-state index contributed by atoms with van der Waals surface area (Å²) in [6.07, 6.45) is 3.80. The van der Waals surface area contributed by atoms with Gasteiger partial charge in [-0.2, -0.15) is 5.10 Å². The molecule has 4 nitrogen and oxygen atoms in total. The van der Waals surface area contributed by atoms with Gasteiger partial charge in [-0.25, -0.2) is 0 Å². The van der Waals surface area contributed by atoms with E-state index in [0.717, 1.165) is 18.9 Å². The lowest BCUT2D eigenvalue weighted by molar-refractivity contribution is 0.275. The molecular weight excluding hydrogens is 178 g/mol. The topological polar surface area (TPSA) is 49.2 Å². The first-order valence-corrected chi connectivity index (χ1v) is 5.08. The lowest BCUT2D eigenvalue weighted by atomic mass is 10.1. The molecule has 1 fully saturated rings. The number of hydrogen-bond donors (Lipinski definition) is 1. The minimum Gasteiger partial charge on any atom is -0.390 e. The predicted molar refractivity (Wildman–Crippen MR) is 54.0 cm³/mol. The van der Waals surface area contributed by atoms with Gasteiger partial charge in [0.15, 0.2) is 5.82 Å². The fourth-order valence-corrected chi connectivity index (χ4v) is 1.73. The molecule has 14 heavy (non-hydrogen) atoms. The predicted octanol–water partition coefficient (Wildman–Crippen LogP) is 0.959. The van der Waals surface area contributed by atoms with Gasteiger partial charge in [-0.3, -0.25) is 0 Å². The SMILES string of the molecule is OCc1ccc(N2CCCCC2)nn1. The molecule has 2 rings (SSSR count). The summed E-state index contributed by atoms with van der Waals surface area (Å²) in [6, 6.07) is 3.76. The van der Waals surface area contributed by atoms with Gasteiger partial charge >= 0.3 is 0 Å². The minimum absolute atomic E-state index is 0.0344. The third kappa shape index (κ3) is 2.01. The second-order valence-corrected chi connectivity index (χ2v) is 3.59. The van der Waals surface area contributed by atoms with Gasteiger partial charge in [-0.05, 0) is 31.4 Å². The van der Waals surface area contributed by atoms with Crippen LogP contribution in [0.1, 0.15) is 25.0 Å². The Labute approximate surface area is 83.6 Å². The Morgan fingerprint density at radius 3 is 2.50 bits per heavy atom. The van der Waals surface area contributed by atoms with E-state index in [-0.39, 0.29) is 6.61 Å². The molecule has 4 heteroatoms. The molecule has 2 heterocycles. The molecule has 0 radical (unpaired) electrons. The highest BCUT2D eigenvalue weighted by Gasteiger charge is 2.11. The maximum atomic E-state index is 8.82. The van der Waals surface area contributed by atoms with Crippen LogP contribution in [0.5, 0.6) is 0 Å². The van der Waals surface area contributed by atoms with Crippen LogP contribution in [-0.4, -0.2) is 28.4 Å². The van der Waals surface area contributed by atoms with Crippen LogP contribution in [-0.2, 0) is 6.61 Å². The van der Waals surface area contributed by atoms with Gasteiger partial charge < -0.3 is 10.0 Å². The summed E-state index contributed by atoms with van der Waals surface area (Å²) in [5.74, 6) is 0.932. The first kappa shape index (κ1) is 9.40. The largest absolute Gasteiger partial charge is 0.390 e. The van der Waals surface area contributed by atoms with Crippen molar-refractivity contribution in [2.24, 2.45) is 0 Å². The smallest absolute Gasteiger partial charge is 0.151 e. The quantitative estimate of drug-likeness (QED) is 0.760. The summed E-state index contributed by atoms with van der Waals surface area (Å²) in [4.78, 5) is 2.25. The van der Waals surface area contributed by atoms with Crippen molar-refractivity contribution in [1.82, 2.24) is 10.2 Å². The van der Waals surface area contributed by atoms with Crippen molar-refractivity contribution in [3.05, 3.63) is 17.8 Å². The van der Waals surface area contributed by atoms with Crippen LogP contribution < -0.4 is 4.90 Å². The molecule has 1 aliphatic heterocycles. The van der Waals surface area contributed by atoms with E-state index in [1.165, 1.54) is 19.3 Å². The van der Waals surface area contributed by atoms with Gasteiger partial charge in [0.05, 0.1) is 12.3 Å². The maximum absolute atomic E-state index is 8.82. The van der Waals surface area contributed by atoms with Gasteiger partial charge in [-0.1, -0.05) is 0 Å². The summed E-state index contributed by atoms with van der Waals surface area (Å²) in [6.45, 7) is 2.12. The Hall–Kier alpha value is -1.16. The summed E-state index contributed by atoms with van der Waals surface area (Å²) in [5, 5.41) is 16.8. The minimum atomic E-state index is -0.0344. The molecule has 0 aromatic carbocycles. The highest BCUT2D eigenvalue weighted by molar-refractivity contribution is 5.37. The second-order valence-electron chi connectivity index (χ2n) is 3.59. The summed E-state index contributed by atoms with van der Waals surface area (Å²) < 4.78 is 0. The standard InChI is InChI=1S/C10H15N3O/c14-8-9-4-5-10(12-11-9)13-6-2-1-3-7-13/h4-5,14H,1-3,6-8H2. The summed E-state index contributed by atoms with van der Waals surface area (Å²) >= 11 is 0. The van der Waals surface area contributed by atoms with Crippen LogP contribution in [0.2, 0.25) is 0 Å². The highest BCUT2D eigenvalue weighted by Crippen LogP contribution is 2.16. The zero-order chi connectivity index (χ0) is 9.80. The first-order chi connectivity index (χ1) is 6.90. The van der Waals surface area contributed by atoms with E-state index in [9.17, 15) is 0 Å². The number of rotatable bonds is 2. The number of aromatic nitrogens is 2. The van der Waals surface area contributed by atoms with Crippen LogP contribution in [0.25, 0.3) is 0 Å². The van der Waals surface area contributed by atoms with Gasteiger partial charge in [0, 0.05) is 13.1 Å². The molecule has 0 amide bonds. The molecule has 76 valence electrons. The van der Waals surface area contributed by atoms with E-state index in [1.54, 1.807) is 0 Å². The van der Waals surface area contributed by atoms with Crippen molar-refractivity contribution in [2.45, 2.75) is 25.9 Å². The Bertz CT molecular complexity index is 280. The first-order valence-electron chi connectivity index (χ1n) is 5.08. The fraction of sp³-hybridized carbons (Fsp3) is 0.600. The molecule has 0 atom stereocenters. The molecular formula is C10H15N3O. The second kappa shape index (κ2) is 4.37. The number of anilines is 1.